The third-order valence-electron chi connectivity index (χ3n) is 5.11. The zero-order valence-electron chi connectivity index (χ0n) is 16.0. The molecule has 1 N–H and O–H groups in total. The third-order valence-corrected chi connectivity index (χ3v) is 5.52. The van der Waals surface area contributed by atoms with Gasteiger partial charge < -0.3 is 5.11 Å². The van der Waals surface area contributed by atoms with E-state index in [-0.39, 0.29) is 11.3 Å². The van der Waals surface area contributed by atoms with Gasteiger partial charge in [-0.2, -0.15) is 0 Å². The minimum absolute atomic E-state index is 0.0606. The number of ketones is 1. The second-order valence-corrected chi connectivity index (χ2v) is 7.43. The van der Waals surface area contributed by atoms with E-state index < -0.39 is 23.5 Å². The molecule has 150 valence electrons. The zero-order chi connectivity index (χ0) is 21.4. The van der Waals surface area contributed by atoms with Gasteiger partial charge in [0.15, 0.2) is 0 Å². The van der Waals surface area contributed by atoms with Crippen LogP contribution < -0.4 is 4.90 Å². The van der Waals surface area contributed by atoms with Gasteiger partial charge in [0.05, 0.1) is 11.6 Å². The number of benzene rings is 3. The average molecular weight is 422 g/mol. The second-order valence-electron chi connectivity index (χ2n) is 7.02. The van der Waals surface area contributed by atoms with Crippen molar-refractivity contribution in [1.82, 2.24) is 0 Å². The molecule has 1 amide bonds. The lowest BCUT2D eigenvalue weighted by atomic mass is 9.95. The van der Waals surface area contributed by atoms with E-state index in [1.54, 1.807) is 48.5 Å². The molecule has 3 aromatic rings. The van der Waals surface area contributed by atoms with Crippen molar-refractivity contribution in [2.45, 2.75) is 13.0 Å². The predicted molar refractivity (Wildman–Crippen MR) is 114 cm³/mol. The second kappa shape index (κ2) is 7.76. The van der Waals surface area contributed by atoms with Gasteiger partial charge in [0.25, 0.3) is 11.7 Å². The third kappa shape index (κ3) is 3.37. The molecule has 1 atom stereocenters. The Kier molecular flexibility index (Phi) is 5.14. The highest BCUT2D eigenvalue weighted by Gasteiger charge is 2.47. The Labute approximate surface area is 177 Å². The first kappa shape index (κ1) is 19.9. The molecule has 0 radical (unpaired) electrons. The maximum absolute atomic E-state index is 13.5. The molecule has 1 fully saturated rings. The highest BCUT2D eigenvalue weighted by atomic mass is 35.5. The number of anilines is 1. The van der Waals surface area contributed by atoms with Crippen LogP contribution in [0.3, 0.4) is 0 Å². The summed E-state index contributed by atoms with van der Waals surface area (Å²) in [6.07, 6.45) is 0. The molecule has 30 heavy (non-hydrogen) atoms. The van der Waals surface area contributed by atoms with Crippen LogP contribution in [0, 0.1) is 12.7 Å². The van der Waals surface area contributed by atoms with Crippen LogP contribution in [-0.2, 0) is 9.59 Å². The van der Waals surface area contributed by atoms with E-state index in [4.69, 9.17) is 11.6 Å². The van der Waals surface area contributed by atoms with Gasteiger partial charge in [-0.25, -0.2) is 4.39 Å². The van der Waals surface area contributed by atoms with Gasteiger partial charge in [-0.1, -0.05) is 60.1 Å². The lowest BCUT2D eigenvalue weighted by molar-refractivity contribution is -0.132. The van der Waals surface area contributed by atoms with Crippen molar-refractivity contribution in [2.75, 3.05) is 4.90 Å². The van der Waals surface area contributed by atoms with Crippen LogP contribution in [0.15, 0.2) is 78.4 Å². The normalized spacial score (nSPS) is 18.1. The van der Waals surface area contributed by atoms with Crippen molar-refractivity contribution in [3.63, 3.8) is 0 Å². The molecule has 1 aliphatic rings. The lowest BCUT2D eigenvalue weighted by Crippen LogP contribution is -2.29. The fourth-order valence-electron chi connectivity index (χ4n) is 3.54. The van der Waals surface area contributed by atoms with Crippen molar-refractivity contribution in [3.8, 4) is 0 Å². The molecule has 3 aromatic carbocycles. The maximum atomic E-state index is 13.5. The minimum Gasteiger partial charge on any atom is -0.507 e. The first-order chi connectivity index (χ1) is 14.4. The predicted octanol–water partition coefficient (Wildman–Crippen LogP) is 5.41. The van der Waals surface area contributed by atoms with Crippen molar-refractivity contribution in [1.29, 1.82) is 0 Å². The van der Waals surface area contributed by atoms with Crippen LogP contribution in [0.5, 0.6) is 0 Å². The maximum Gasteiger partial charge on any atom is 0.300 e. The Morgan fingerprint density at radius 1 is 1.00 bits per heavy atom. The topological polar surface area (TPSA) is 57.6 Å². The number of Topliss-reactive ketones (excluding diaryl/α,β-unsaturated/α-hetero) is 1. The van der Waals surface area contributed by atoms with E-state index >= 15 is 0 Å². The monoisotopic (exact) mass is 421 g/mol. The number of hydrogen-bond acceptors (Lipinski definition) is 3. The van der Waals surface area contributed by atoms with Gasteiger partial charge in [-0.05, 0) is 42.3 Å². The first-order valence-corrected chi connectivity index (χ1v) is 9.64. The van der Waals surface area contributed by atoms with E-state index in [0.717, 1.165) is 5.56 Å². The molecular weight excluding hydrogens is 405 g/mol. The summed E-state index contributed by atoms with van der Waals surface area (Å²) in [4.78, 5) is 27.3. The summed E-state index contributed by atoms with van der Waals surface area (Å²) in [6, 6.07) is 18.1. The van der Waals surface area contributed by atoms with Gasteiger partial charge in [0.1, 0.15) is 11.6 Å². The summed E-state index contributed by atoms with van der Waals surface area (Å²) in [5, 5.41) is 11.4. The molecule has 6 heteroatoms. The molecule has 1 saturated heterocycles. The number of rotatable bonds is 3. The Morgan fingerprint density at radius 2 is 1.67 bits per heavy atom. The van der Waals surface area contributed by atoms with Crippen LogP contribution in [0.4, 0.5) is 10.1 Å². The largest absolute Gasteiger partial charge is 0.507 e. The highest BCUT2D eigenvalue weighted by molar-refractivity contribution is 6.51. The number of hydrogen-bond donors (Lipinski definition) is 1. The number of aliphatic hydroxyl groups is 1. The summed E-state index contributed by atoms with van der Waals surface area (Å²) >= 11 is 6.25. The Balaban J connectivity index is 1.95. The molecule has 4 rings (SSSR count). The van der Waals surface area contributed by atoms with Crippen molar-refractivity contribution >= 4 is 34.7 Å². The van der Waals surface area contributed by atoms with Crippen LogP contribution in [0.2, 0.25) is 5.02 Å². The molecule has 0 aliphatic carbocycles. The van der Waals surface area contributed by atoms with Crippen LogP contribution in [-0.4, -0.2) is 16.8 Å². The van der Waals surface area contributed by atoms with E-state index in [0.29, 0.717) is 21.8 Å². The number of carbonyl (C=O) groups excluding carboxylic acids is 2. The van der Waals surface area contributed by atoms with Gasteiger partial charge in [-0.3, -0.25) is 14.5 Å². The SMILES string of the molecule is Cc1ccc(N2C(=O)C(=O)/C(=C(/O)c3ccccc3)C2c2ccc(F)cc2)cc1Cl. The van der Waals surface area contributed by atoms with Crippen molar-refractivity contribution in [2.24, 2.45) is 0 Å². The summed E-state index contributed by atoms with van der Waals surface area (Å²) in [5.74, 6) is -2.34. The van der Waals surface area contributed by atoms with Gasteiger partial charge in [0.2, 0.25) is 0 Å². The smallest absolute Gasteiger partial charge is 0.300 e. The number of aryl methyl sites for hydroxylation is 1. The van der Waals surface area contributed by atoms with E-state index in [9.17, 15) is 19.1 Å². The number of amides is 1. The molecule has 0 spiro atoms. The number of halogens is 2. The summed E-state index contributed by atoms with van der Waals surface area (Å²) in [6.45, 7) is 1.83. The molecule has 1 unspecified atom stereocenters. The zero-order valence-corrected chi connectivity index (χ0v) is 16.7. The fraction of sp³-hybridized carbons (Fsp3) is 0.0833. The van der Waals surface area contributed by atoms with Crippen molar-refractivity contribution in [3.05, 3.63) is 106 Å². The molecule has 1 aliphatic heterocycles. The van der Waals surface area contributed by atoms with E-state index in [1.165, 1.54) is 29.2 Å². The van der Waals surface area contributed by atoms with Crippen LogP contribution in [0.25, 0.3) is 5.76 Å². The van der Waals surface area contributed by atoms with Crippen molar-refractivity contribution < 1.29 is 19.1 Å². The summed E-state index contributed by atoms with van der Waals surface area (Å²) in [5.41, 5.74) is 2.07. The Morgan fingerprint density at radius 3 is 2.30 bits per heavy atom. The quantitative estimate of drug-likeness (QED) is 0.349. The van der Waals surface area contributed by atoms with E-state index in [2.05, 4.69) is 0 Å². The fourth-order valence-corrected chi connectivity index (χ4v) is 3.72. The molecule has 0 bridgehead atoms. The van der Waals surface area contributed by atoms with E-state index in [1.807, 2.05) is 6.92 Å². The molecule has 4 nitrogen and oxygen atoms in total. The Bertz CT molecular complexity index is 1170. The first-order valence-electron chi connectivity index (χ1n) is 9.26. The standard InChI is InChI=1S/C24H17ClFNO3/c1-14-7-12-18(13-19(14)25)27-21(15-8-10-17(26)11-9-15)20(23(29)24(27)30)22(28)16-5-3-2-4-6-16/h2-13,21,28H,1H3/b22-20+. The van der Waals surface area contributed by atoms with Crippen LogP contribution >= 0.6 is 11.6 Å². The van der Waals surface area contributed by atoms with Gasteiger partial charge >= 0.3 is 0 Å². The molecule has 1 heterocycles. The van der Waals surface area contributed by atoms with Gasteiger partial charge in [0, 0.05) is 16.3 Å². The summed E-state index contributed by atoms with van der Waals surface area (Å²) < 4.78 is 13.5. The number of aliphatic hydroxyl groups excluding tert-OH is 1. The molecule has 0 saturated carbocycles. The number of nitrogens with zero attached hydrogens (tertiary/aromatic N) is 1. The number of carbonyl (C=O) groups is 2. The Hall–Kier alpha value is -3.44. The van der Waals surface area contributed by atoms with Crippen LogP contribution in [0.1, 0.15) is 22.7 Å². The minimum atomic E-state index is -0.926. The highest BCUT2D eigenvalue weighted by Crippen LogP contribution is 2.42. The average Bonchev–Trinajstić information content (AvgIpc) is 3.01. The lowest BCUT2D eigenvalue weighted by Gasteiger charge is -2.26. The molecular formula is C24H17ClFNO3. The summed E-state index contributed by atoms with van der Waals surface area (Å²) in [7, 11) is 0. The van der Waals surface area contributed by atoms with Gasteiger partial charge in [-0.15, -0.1) is 0 Å². The molecule has 0 aromatic heterocycles.